The molecule has 5 rings (SSSR count). The van der Waals surface area contributed by atoms with Crippen LogP contribution in [0, 0.1) is 0 Å². The van der Waals surface area contributed by atoms with Crippen molar-refractivity contribution in [1.82, 2.24) is 5.32 Å². The van der Waals surface area contributed by atoms with Crippen molar-refractivity contribution in [3.63, 3.8) is 0 Å². The summed E-state index contributed by atoms with van der Waals surface area (Å²) in [7, 11) is -1.78. The van der Waals surface area contributed by atoms with Crippen LogP contribution in [0.5, 0.6) is 5.75 Å². The summed E-state index contributed by atoms with van der Waals surface area (Å²) in [5, 5.41) is 7.70. The molecule has 0 fully saturated rings. The molecule has 2 nitrogen and oxygen atoms in total. The maximum atomic E-state index is 6.22. The minimum atomic E-state index is -1.78. The lowest BCUT2D eigenvalue weighted by molar-refractivity contribution is 0.318. The summed E-state index contributed by atoms with van der Waals surface area (Å²) in [6.07, 6.45) is 2.08. The molecule has 0 saturated heterocycles. The Labute approximate surface area is 191 Å². The van der Waals surface area contributed by atoms with Crippen LogP contribution in [-0.4, -0.2) is 12.8 Å². The topological polar surface area (TPSA) is 21.3 Å². The second kappa shape index (κ2) is 9.69. The predicted molar refractivity (Wildman–Crippen MR) is 137 cm³/mol. The third-order valence-corrected chi connectivity index (χ3v) is 10.8. The summed E-state index contributed by atoms with van der Waals surface area (Å²) in [5.74, 6) is 0.982. The molecule has 0 aromatic heterocycles. The highest BCUT2D eigenvalue weighted by atomic mass is 31.2. The Morgan fingerprint density at radius 1 is 0.625 bits per heavy atom. The Morgan fingerprint density at radius 2 is 1.16 bits per heavy atom. The predicted octanol–water partition coefficient (Wildman–Crippen LogP) is 5.05. The van der Waals surface area contributed by atoms with Crippen molar-refractivity contribution in [3.8, 4) is 5.75 Å². The Hall–Kier alpha value is -2.93. The molecule has 0 aliphatic carbocycles. The molecule has 3 heteroatoms. The number of hydrogen-bond acceptors (Lipinski definition) is 2. The standard InChI is InChI=1S/C29H29NOP/c1-4-11-27(12-5-1)32(28-13-6-2-7-14-28,29-15-8-3-9-16-29)20-10-19-31-26-18-17-24-22-30-23-25(24)21-26/h1-9,11-18,21,30H,10,19-20,22-23H2/q+1. The van der Waals surface area contributed by atoms with E-state index in [0.29, 0.717) is 0 Å². The van der Waals surface area contributed by atoms with Gasteiger partial charge in [0, 0.05) is 19.5 Å². The minimum Gasteiger partial charge on any atom is -0.493 e. The van der Waals surface area contributed by atoms with Crippen LogP contribution >= 0.6 is 7.26 Å². The molecule has 0 unspecified atom stereocenters. The Morgan fingerprint density at radius 3 is 1.72 bits per heavy atom. The number of rotatable bonds is 8. The van der Waals surface area contributed by atoms with Crippen LogP contribution in [0.3, 0.4) is 0 Å². The highest BCUT2D eigenvalue weighted by Gasteiger charge is 2.44. The number of benzene rings is 4. The van der Waals surface area contributed by atoms with E-state index in [2.05, 4.69) is 115 Å². The molecule has 1 N–H and O–H groups in total. The van der Waals surface area contributed by atoms with E-state index in [1.54, 1.807) is 0 Å². The van der Waals surface area contributed by atoms with Gasteiger partial charge in [-0.1, -0.05) is 60.7 Å². The smallest absolute Gasteiger partial charge is 0.119 e. The van der Waals surface area contributed by atoms with E-state index in [1.807, 2.05) is 0 Å². The molecule has 1 aliphatic heterocycles. The van der Waals surface area contributed by atoms with Crippen molar-refractivity contribution in [2.45, 2.75) is 19.5 Å². The van der Waals surface area contributed by atoms with E-state index in [4.69, 9.17) is 4.74 Å². The average Bonchev–Trinajstić information content (AvgIpc) is 3.34. The highest BCUT2D eigenvalue weighted by molar-refractivity contribution is 7.95. The first kappa shape index (κ1) is 20.9. The van der Waals surface area contributed by atoms with Gasteiger partial charge in [-0.2, -0.15) is 0 Å². The molecule has 1 aliphatic rings. The van der Waals surface area contributed by atoms with Crippen molar-refractivity contribution in [2.24, 2.45) is 0 Å². The van der Waals surface area contributed by atoms with Gasteiger partial charge >= 0.3 is 0 Å². The molecule has 32 heavy (non-hydrogen) atoms. The average molecular weight is 439 g/mol. The SMILES string of the molecule is c1ccc([P+](CCCOc2ccc3c(c2)CNC3)(c2ccccc2)c2ccccc2)cc1. The molecule has 0 saturated carbocycles. The molecule has 0 amide bonds. The lowest BCUT2D eigenvalue weighted by Gasteiger charge is -2.27. The minimum absolute atomic E-state index is 0.723. The number of nitrogens with one attached hydrogen (secondary N) is 1. The molecular weight excluding hydrogens is 409 g/mol. The van der Waals surface area contributed by atoms with Crippen LogP contribution in [0.2, 0.25) is 0 Å². The zero-order valence-electron chi connectivity index (χ0n) is 18.3. The molecule has 4 aromatic carbocycles. The Kier molecular flexibility index (Phi) is 6.34. The summed E-state index contributed by atoms with van der Waals surface area (Å²) in [4.78, 5) is 0. The van der Waals surface area contributed by atoms with E-state index >= 15 is 0 Å². The number of ether oxygens (including phenoxy) is 1. The molecule has 4 aromatic rings. The summed E-state index contributed by atoms with van der Waals surface area (Å²) in [5.41, 5.74) is 2.75. The lowest BCUT2D eigenvalue weighted by atomic mass is 10.1. The summed E-state index contributed by atoms with van der Waals surface area (Å²) in [6, 6.07) is 39.7. The molecular formula is C29H29NOP+. The molecule has 0 radical (unpaired) electrons. The van der Waals surface area contributed by atoms with Crippen LogP contribution in [0.1, 0.15) is 17.5 Å². The van der Waals surface area contributed by atoms with Crippen LogP contribution in [0.15, 0.2) is 109 Å². The number of fused-ring (bicyclic) bond motifs is 1. The molecule has 0 spiro atoms. The third-order valence-electron chi connectivity index (χ3n) is 6.31. The van der Waals surface area contributed by atoms with Crippen LogP contribution in [0.4, 0.5) is 0 Å². The fraction of sp³-hybridized carbons (Fsp3) is 0.172. The van der Waals surface area contributed by atoms with Crippen molar-refractivity contribution in [2.75, 3.05) is 12.8 Å². The Balaban J connectivity index is 1.43. The van der Waals surface area contributed by atoms with Gasteiger partial charge in [-0.05, 0) is 59.7 Å². The van der Waals surface area contributed by atoms with Crippen molar-refractivity contribution >= 4 is 23.2 Å². The molecule has 0 bridgehead atoms. The largest absolute Gasteiger partial charge is 0.493 e. The second-order valence-electron chi connectivity index (χ2n) is 8.28. The normalized spacial score (nSPS) is 13.0. The second-order valence-corrected chi connectivity index (χ2v) is 11.9. The van der Waals surface area contributed by atoms with Gasteiger partial charge in [0.15, 0.2) is 0 Å². The van der Waals surface area contributed by atoms with Crippen molar-refractivity contribution < 1.29 is 4.74 Å². The van der Waals surface area contributed by atoms with Gasteiger partial charge in [-0.25, -0.2) is 0 Å². The van der Waals surface area contributed by atoms with Gasteiger partial charge in [0.1, 0.15) is 28.9 Å². The fourth-order valence-electron chi connectivity index (χ4n) is 4.73. The van der Waals surface area contributed by atoms with E-state index < -0.39 is 7.26 Å². The van der Waals surface area contributed by atoms with Crippen molar-refractivity contribution in [3.05, 3.63) is 120 Å². The molecule has 160 valence electrons. The number of hydrogen-bond donors (Lipinski definition) is 1. The first-order chi connectivity index (χ1) is 15.9. The van der Waals surface area contributed by atoms with Gasteiger partial charge in [0.05, 0.1) is 12.8 Å². The van der Waals surface area contributed by atoms with E-state index in [-0.39, 0.29) is 0 Å². The van der Waals surface area contributed by atoms with Crippen LogP contribution in [-0.2, 0) is 13.1 Å². The van der Waals surface area contributed by atoms with Crippen LogP contribution in [0.25, 0.3) is 0 Å². The van der Waals surface area contributed by atoms with Gasteiger partial charge in [0.25, 0.3) is 0 Å². The zero-order chi connectivity index (χ0) is 21.6. The highest BCUT2D eigenvalue weighted by Crippen LogP contribution is 2.55. The van der Waals surface area contributed by atoms with E-state index in [1.165, 1.54) is 27.0 Å². The quantitative estimate of drug-likeness (QED) is 0.307. The van der Waals surface area contributed by atoms with Crippen molar-refractivity contribution in [1.29, 1.82) is 0 Å². The van der Waals surface area contributed by atoms with Crippen LogP contribution < -0.4 is 26.0 Å². The maximum Gasteiger partial charge on any atom is 0.119 e. The zero-order valence-corrected chi connectivity index (χ0v) is 19.2. The maximum absolute atomic E-state index is 6.22. The van der Waals surface area contributed by atoms with E-state index in [9.17, 15) is 0 Å². The Bertz CT molecular complexity index is 1050. The van der Waals surface area contributed by atoms with Gasteiger partial charge in [-0.15, -0.1) is 0 Å². The van der Waals surface area contributed by atoms with E-state index in [0.717, 1.165) is 38.0 Å². The monoisotopic (exact) mass is 438 g/mol. The third kappa shape index (κ3) is 4.21. The summed E-state index contributed by atoms with van der Waals surface area (Å²) in [6.45, 7) is 2.63. The summed E-state index contributed by atoms with van der Waals surface area (Å²) >= 11 is 0. The van der Waals surface area contributed by atoms with Gasteiger partial charge in [0.2, 0.25) is 0 Å². The summed E-state index contributed by atoms with van der Waals surface area (Å²) < 4.78 is 6.22. The van der Waals surface area contributed by atoms with Gasteiger partial charge < -0.3 is 10.1 Å². The van der Waals surface area contributed by atoms with Gasteiger partial charge in [-0.3, -0.25) is 0 Å². The fourth-order valence-corrected chi connectivity index (χ4v) is 9.05. The lowest BCUT2D eigenvalue weighted by Crippen LogP contribution is -2.33. The molecule has 0 atom stereocenters. The first-order valence-corrected chi connectivity index (χ1v) is 13.3. The molecule has 1 heterocycles. The first-order valence-electron chi connectivity index (χ1n) is 11.4.